The molecule has 2 aromatic carbocycles. The number of hydrogen-bond acceptors (Lipinski definition) is 5. The minimum Gasteiger partial charge on any atom is -0.377 e. The number of ether oxygens (including phenoxy) is 1. The Bertz CT molecular complexity index is 1090. The lowest BCUT2D eigenvalue weighted by Gasteiger charge is -2.30. The van der Waals surface area contributed by atoms with Crippen molar-refractivity contribution in [2.45, 2.75) is 43.1 Å². The van der Waals surface area contributed by atoms with Gasteiger partial charge in [0.1, 0.15) is 0 Å². The Morgan fingerprint density at radius 3 is 2.78 bits per heavy atom. The molecule has 5 nitrogen and oxygen atoms in total. The third-order valence-corrected chi connectivity index (χ3v) is 7.53. The van der Waals surface area contributed by atoms with Crippen LogP contribution in [0.2, 0.25) is 0 Å². The van der Waals surface area contributed by atoms with Crippen molar-refractivity contribution in [3.8, 4) is 0 Å². The maximum absolute atomic E-state index is 13.3. The summed E-state index contributed by atoms with van der Waals surface area (Å²) in [5.74, 6) is 0.790. The van der Waals surface area contributed by atoms with Crippen LogP contribution in [0.25, 0.3) is 10.8 Å². The van der Waals surface area contributed by atoms with Crippen molar-refractivity contribution in [1.82, 2.24) is 4.98 Å². The van der Waals surface area contributed by atoms with Crippen molar-refractivity contribution in [3.05, 3.63) is 60.4 Å². The van der Waals surface area contributed by atoms with Crippen molar-refractivity contribution in [1.29, 1.82) is 0 Å². The van der Waals surface area contributed by atoms with Crippen LogP contribution in [0.15, 0.2) is 59.8 Å². The standard InChI is InChI=1S/C26H29N3O2S/c30-26(21-8-2-3-9-25(21)32-18-19-7-6-16-31-19)28-23-10-11-24(29-14-4-1-5-15-29)20-12-13-27-17-22(20)23/h2-3,8-13,17,19H,1,4-7,14-16,18H2,(H,28,30). The predicted molar refractivity (Wildman–Crippen MR) is 132 cm³/mol. The first-order chi connectivity index (χ1) is 15.8. The lowest BCUT2D eigenvalue weighted by atomic mass is 10.0. The number of thioether (sulfide) groups is 1. The lowest BCUT2D eigenvalue weighted by Crippen LogP contribution is -2.29. The molecule has 1 amide bonds. The number of nitrogens with zero attached hydrogens (tertiary/aromatic N) is 2. The van der Waals surface area contributed by atoms with Crippen LogP contribution in [-0.4, -0.2) is 42.4 Å². The molecule has 3 heterocycles. The Balaban J connectivity index is 1.38. The third-order valence-electron chi connectivity index (χ3n) is 6.32. The molecule has 2 aliphatic heterocycles. The zero-order valence-electron chi connectivity index (χ0n) is 18.3. The number of hydrogen-bond donors (Lipinski definition) is 1. The second kappa shape index (κ2) is 9.92. The van der Waals surface area contributed by atoms with E-state index in [0.29, 0.717) is 5.56 Å². The van der Waals surface area contributed by atoms with Gasteiger partial charge in [-0.1, -0.05) is 12.1 Å². The quantitative estimate of drug-likeness (QED) is 0.488. The molecule has 32 heavy (non-hydrogen) atoms. The number of aromatic nitrogens is 1. The van der Waals surface area contributed by atoms with Crippen LogP contribution in [0.1, 0.15) is 42.5 Å². The maximum atomic E-state index is 13.3. The summed E-state index contributed by atoms with van der Waals surface area (Å²) in [6.07, 6.45) is 9.96. The summed E-state index contributed by atoms with van der Waals surface area (Å²) in [4.78, 5) is 21.1. The smallest absolute Gasteiger partial charge is 0.256 e. The van der Waals surface area contributed by atoms with Gasteiger partial charge in [-0.25, -0.2) is 0 Å². The number of fused-ring (bicyclic) bond motifs is 1. The fourth-order valence-electron chi connectivity index (χ4n) is 4.62. The molecule has 0 aliphatic carbocycles. The highest BCUT2D eigenvalue weighted by Crippen LogP contribution is 2.34. The summed E-state index contributed by atoms with van der Waals surface area (Å²) in [5, 5.41) is 5.28. The summed E-state index contributed by atoms with van der Waals surface area (Å²) < 4.78 is 5.75. The highest BCUT2D eigenvalue weighted by Gasteiger charge is 2.19. The molecule has 0 bridgehead atoms. The molecule has 1 atom stereocenters. The summed E-state index contributed by atoms with van der Waals surface area (Å²) in [5.41, 5.74) is 2.73. The topological polar surface area (TPSA) is 54.5 Å². The van der Waals surface area contributed by atoms with Gasteiger partial charge in [0.05, 0.1) is 17.4 Å². The van der Waals surface area contributed by atoms with Gasteiger partial charge in [-0.2, -0.15) is 0 Å². The molecule has 6 heteroatoms. The van der Waals surface area contributed by atoms with Gasteiger partial charge in [0.2, 0.25) is 0 Å². The van der Waals surface area contributed by atoms with Crippen LogP contribution in [0.3, 0.4) is 0 Å². The van der Waals surface area contributed by atoms with E-state index < -0.39 is 0 Å². The first-order valence-corrected chi connectivity index (χ1v) is 12.5. The highest BCUT2D eigenvalue weighted by atomic mass is 32.2. The van der Waals surface area contributed by atoms with E-state index >= 15 is 0 Å². The molecule has 1 unspecified atom stereocenters. The number of carbonyl (C=O) groups excluding carboxylic acids is 1. The number of amides is 1. The molecule has 1 aromatic heterocycles. The van der Waals surface area contributed by atoms with Crippen molar-refractivity contribution in [3.63, 3.8) is 0 Å². The monoisotopic (exact) mass is 447 g/mol. The zero-order valence-corrected chi connectivity index (χ0v) is 19.1. The molecule has 2 fully saturated rings. The van der Waals surface area contributed by atoms with E-state index in [1.807, 2.05) is 42.7 Å². The van der Waals surface area contributed by atoms with Crippen molar-refractivity contribution >= 4 is 39.8 Å². The largest absolute Gasteiger partial charge is 0.377 e. The van der Waals surface area contributed by atoms with Gasteiger partial charge in [-0.3, -0.25) is 9.78 Å². The summed E-state index contributed by atoms with van der Waals surface area (Å²) in [6.45, 7) is 3.01. The Hall–Kier alpha value is -2.57. The highest BCUT2D eigenvalue weighted by molar-refractivity contribution is 7.99. The number of benzene rings is 2. The van der Waals surface area contributed by atoms with E-state index in [0.717, 1.165) is 59.6 Å². The van der Waals surface area contributed by atoms with Gasteiger partial charge >= 0.3 is 0 Å². The van der Waals surface area contributed by atoms with Gasteiger partial charge in [-0.05, 0) is 62.4 Å². The molecule has 0 saturated carbocycles. The zero-order chi connectivity index (χ0) is 21.8. The van der Waals surface area contributed by atoms with Crippen LogP contribution < -0.4 is 10.2 Å². The van der Waals surface area contributed by atoms with Gasteiger partial charge in [0, 0.05) is 59.2 Å². The molecule has 3 aromatic rings. The second-order valence-corrected chi connectivity index (χ2v) is 9.56. The molecule has 2 saturated heterocycles. The summed E-state index contributed by atoms with van der Waals surface area (Å²) in [7, 11) is 0. The van der Waals surface area contributed by atoms with Gasteiger partial charge in [0.25, 0.3) is 5.91 Å². The Morgan fingerprint density at radius 2 is 1.94 bits per heavy atom. The molecule has 0 spiro atoms. The first-order valence-electron chi connectivity index (χ1n) is 11.6. The van der Waals surface area contributed by atoms with E-state index in [1.54, 1.807) is 11.8 Å². The van der Waals surface area contributed by atoms with Crippen molar-refractivity contribution < 1.29 is 9.53 Å². The number of piperidine rings is 1. The number of nitrogens with one attached hydrogen (secondary N) is 1. The van der Waals surface area contributed by atoms with Crippen molar-refractivity contribution in [2.75, 3.05) is 35.7 Å². The number of anilines is 2. The number of pyridine rings is 1. The number of carbonyl (C=O) groups is 1. The lowest BCUT2D eigenvalue weighted by molar-refractivity contribution is 0.102. The third kappa shape index (κ3) is 4.62. The average molecular weight is 448 g/mol. The van der Waals surface area contributed by atoms with Crippen LogP contribution in [0.5, 0.6) is 0 Å². The van der Waals surface area contributed by atoms with E-state index in [2.05, 4.69) is 27.3 Å². The molecule has 166 valence electrons. The minimum absolute atomic E-state index is 0.0867. The molecule has 5 rings (SSSR count). The van der Waals surface area contributed by atoms with Crippen LogP contribution in [0.4, 0.5) is 11.4 Å². The molecular weight excluding hydrogens is 418 g/mol. The molecule has 2 aliphatic rings. The Morgan fingerprint density at radius 1 is 1.06 bits per heavy atom. The fourth-order valence-corrected chi connectivity index (χ4v) is 5.74. The van der Waals surface area contributed by atoms with Crippen molar-refractivity contribution in [2.24, 2.45) is 0 Å². The van der Waals surface area contributed by atoms with Crippen LogP contribution in [-0.2, 0) is 4.74 Å². The van der Waals surface area contributed by atoms with Crippen LogP contribution >= 0.6 is 11.8 Å². The molecule has 1 N–H and O–H groups in total. The molecular formula is C26H29N3O2S. The van der Waals surface area contributed by atoms with E-state index in [9.17, 15) is 4.79 Å². The normalized spacial score (nSPS) is 18.8. The van der Waals surface area contributed by atoms with Crippen LogP contribution in [0, 0.1) is 0 Å². The average Bonchev–Trinajstić information content (AvgIpc) is 3.37. The number of rotatable bonds is 6. The maximum Gasteiger partial charge on any atom is 0.256 e. The van der Waals surface area contributed by atoms with Gasteiger partial charge in [0.15, 0.2) is 0 Å². The van der Waals surface area contributed by atoms with Gasteiger partial charge in [-0.15, -0.1) is 11.8 Å². The SMILES string of the molecule is O=C(Nc1ccc(N2CCCCC2)c2ccncc12)c1ccccc1SCC1CCCO1. The predicted octanol–water partition coefficient (Wildman–Crippen LogP) is 5.75. The van der Waals surface area contributed by atoms with Gasteiger partial charge < -0.3 is 15.0 Å². The summed E-state index contributed by atoms with van der Waals surface area (Å²) in [6, 6.07) is 14.0. The Kier molecular flexibility index (Phi) is 6.60. The summed E-state index contributed by atoms with van der Waals surface area (Å²) >= 11 is 1.70. The van der Waals surface area contributed by atoms with E-state index in [-0.39, 0.29) is 12.0 Å². The second-order valence-electron chi connectivity index (χ2n) is 8.50. The Labute approximate surface area is 193 Å². The minimum atomic E-state index is -0.0867. The van der Waals surface area contributed by atoms with E-state index in [1.165, 1.54) is 24.9 Å². The fraction of sp³-hybridized carbons (Fsp3) is 0.385. The first kappa shape index (κ1) is 21.3. The molecule has 0 radical (unpaired) electrons. The van der Waals surface area contributed by atoms with E-state index in [4.69, 9.17) is 4.74 Å².